The van der Waals surface area contributed by atoms with Crippen molar-refractivity contribution in [2.45, 2.75) is 25.8 Å². The molecule has 1 aliphatic rings. The van der Waals surface area contributed by atoms with E-state index in [9.17, 15) is 0 Å². The predicted octanol–water partition coefficient (Wildman–Crippen LogP) is 0.333. The van der Waals surface area contributed by atoms with Gasteiger partial charge in [-0.1, -0.05) is 6.92 Å². The molecule has 0 spiro atoms. The van der Waals surface area contributed by atoms with E-state index in [1.165, 1.54) is 12.8 Å². The summed E-state index contributed by atoms with van der Waals surface area (Å²) in [6, 6.07) is 0.468. The Kier molecular flexibility index (Phi) is 1.78. The molecule has 2 nitrogen and oxygen atoms in total. The van der Waals surface area contributed by atoms with Gasteiger partial charge in [0.2, 0.25) is 0 Å². The summed E-state index contributed by atoms with van der Waals surface area (Å²) in [5.41, 5.74) is 6.23. The molecule has 0 amide bonds. The van der Waals surface area contributed by atoms with E-state index < -0.39 is 0 Å². The van der Waals surface area contributed by atoms with Crippen LogP contribution < -0.4 is 11.1 Å². The molecular formula is C7H16N2. The number of nitrogens with one attached hydrogen (secondary N) is 1. The minimum absolute atomic E-state index is 0.467. The summed E-state index contributed by atoms with van der Waals surface area (Å²) in [6.07, 6.45) is 2.43. The van der Waals surface area contributed by atoms with Gasteiger partial charge in [-0.2, -0.15) is 0 Å². The lowest BCUT2D eigenvalue weighted by Crippen LogP contribution is -2.25. The van der Waals surface area contributed by atoms with Crippen LogP contribution >= 0.6 is 0 Å². The first-order valence-corrected chi connectivity index (χ1v) is 3.65. The molecule has 1 fully saturated rings. The highest BCUT2D eigenvalue weighted by Crippen LogP contribution is 2.46. The van der Waals surface area contributed by atoms with Crippen LogP contribution in [-0.2, 0) is 0 Å². The summed E-state index contributed by atoms with van der Waals surface area (Å²) in [7, 11) is 1.99. The normalized spacial score (nSPS) is 41.0. The van der Waals surface area contributed by atoms with Gasteiger partial charge in [-0.3, -0.25) is 0 Å². The van der Waals surface area contributed by atoms with Gasteiger partial charge in [-0.05, 0) is 25.3 Å². The molecule has 0 heterocycles. The van der Waals surface area contributed by atoms with Crippen LogP contribution in [0.25, 0.3) is 0 Å². The third kappa shape index (κ3) is 1.10. The molecule has 1 aliphatic carbocycles. The van der Waals surface area contributed by atoms with E-state index in [2.05, 4.69) is 12.2 Å². The van der Waals surface area contributed by atoms with Crippen LogP contribution in [0.2, 0.25) is 0 Å². The fourth-order valence-electron chi connectivity index (χ4n) is 1.47. The largest absolute Gasteiger partial charge is 0.327 e. The Labute approximate surface area is 56.8 Å². The van der Waals surface area contributed by atoms with Crippen LogP contribution in [0.5, 0.6) is 0 Å². The van der Waals surface area contributed by atoms with Crippen molar-refractivity contribution in [2.75, 3.05) is 13.6 Å². The fraction of sp³-hybridized carbons (Fsp3) is 1.00. The van der Waals surface area contributed by atoms with Gasteiger partial charge < -0.3 is 11.1 Å². The highest BCUT2D eigenvalue weighted by molar-refractivity contribution is 5.06. The molecule has 2 unspecified atom stereocenters. The molecule has 2 heteroatoms. The van der Waals surface area contributed by atoms with Crippen molar-refractivity contribution in [1.29, 1.82) is 0 Å². The summed E-state index contributed by atoms with van der Waals surface area (Å²) in [4.78, 5) is 0. The fourth-order valence-corrected chi connectivity index (χ4v) is 1.47. The van der Waals surface area contributed by atoms with Crippen LogP contribution in [0, 0.1) is 5.41 Å². The first-order valence-electron chi connectivity index (χ1n) is 3.65. The lowest BCUT2D eigenvalue weighted by Gasteiger charge is -2.11. The van der Waals surface area contributed by atoms with Crippen LogP contribution in [0.1, 0.15) is 19.8 Å². The van der Waals surface area contributed by atoms with Gasteiger partial charge in [0.1, 0.15) is 0 Å². The summed E-state index contributed by atoms with van der Waals surface area (Å²) in [5, 5.41) is 3.17. The lowest BCUT2D eigenvalue weighted by molar-refractivity contribution is 0.447. The maximum Gasteiger partial charge on any atom is 0.0114 e. The van der Waals surface area contributed by atoms with Crippen LogP contribution in [-0.4, -0.2) is 19.6 Å². The molecule has 0 radical (unpaired) electrons. The molecular weight excluding hydrogens is 112 g/mol. The van der Waals surface area contributed by atoms with Gasteiger partial charge in [-0.25, -0.2) is 0 Å². The van der Waals surface area contributed by atoms with E-state index in [-0.39, 0.29) is 0 Å². The van der Waals surface area contributed by atoms with E-state index in [4.69, 9.17) is 5.73 Å². The van der Waals surface area contributed by atoms with Gasteiger partial charge in [0.25, 0.3) is 0 Å². The Balaban J connectivity index is 2.33. The SMILES string of the molecule is CCC1(CNC)CC1N. The van der Waals surface area contributed by atoms with Gasteiger partial charge >= 0.3 is 0 Å². The molecule has 54 valence electrons. The van der Waals surface area contributed by atoms with E-state index in [1.54, 1.807) is 0 Å². The highest BCUT2D eigenvalue weighted by Gasteiger charge is 2.49. The summed E-state index contributed by atoms with van der Waals surface area (Å²) >= 11 is 0. The second-order valence-electron chi connectivity index (χ2n) is 3.06. The average Bonchev–Trinajstić information content (AvgIpc) is 2.45. The van der Waals surface area contributed by atoms with Gasteiger partial charge in [-0.15, -0.1) is 0 Å². The Morgan fingerprint density at radius 1 is 1.78 bits per heavy atom. The molecule has 2 atom stereocenters. The van der Waals surface area contributed by atoms with Crippen molar-refractivity contribution in [1.82, 2.24) is 5.32 Å². The zero-order valence-corrected chi connectivity index (χ0v) is 6.28. The molecule has 0 bridgehead atoms. The molecule has 0 aliphatic heterocycles. The highest BCUT2D eigenvalue weighted by atomic mass is 14.9. The van der Waals surface area contributed by atoms with Crippen LogP contribution in [0.3, 0.4) is 0 Å². The number of hydrogen-bond acceptors (Lipinski definition) is 2. The van der Waals surface area contributed by atoms with E-state index in [0.717, 1.165) is 6.54 Å². The molecule has 0 aromatic carbocycles. The molecule has 0 saturated heterocycles. The minimum atomic E-state index is 0.467. The van der Waals surface area contributed by atoms with Crippen molar-refractivity contribution >= 4 is 0 Å². The smallest absolute Gasteiger partial charge is 0.0114 e. The molecule has 9 heavy (non-hydrogen) atoms. The quantitative estimate of drug-likeness (QED) is 0.575. The maximum atomic E-state index is 5.76. The Morgan fingerprint density at radius 3 is 2.44 bits per heavy atom. The molecule has 1 rings (SSSR count). The monoisotopic (exact) mass is 128 g/mol. The average molecular weight is 128 g/mol. The molecule has 3 N–H and O–H groups in total. The predicted molar refractivity (Wildman–Crippen MR) is 39.2 cm³/mol. The van der Waals surface area contributed by atoms with Crippen LogP contribution in [0.4, 0.5) is 0 Å². The van der Waals surface area contributed by atoms with E-state index in [1.807, 2.05) is 7.05 Å². The zero-order chi connectivity index (χ0) is 6.91. The van der Waals surface area contributed by atoms with Crippen molar-refractivity contribution in [3.8, 4) is 0 Å². The van der Waals surface area contributed by atoms with Crippen molar-refractivity contribution in [3.05, 3.63) is 0 Å². The summed E-state index contributed by atoms with van der Waals surface area (Å²) in [6.45, 7) is 3.30. The van der Waals surface area contributed by atoms with Gasteiger partial charge in [0.05, 0.1) is 0 Å². The maximum absolute atomic E-state index is 5.76. The van der Waals surface area contributed by atoms with Crippen molar-refractivity contribution in [3.63, 3.8) is 0 Å². The second-order valence-corrected chi connectivity index (χ2v) is 3.06. The van der Waals surface area contributed by atoms with Crippen LogP contribution in [0.15, 0.2) is 0 Å². The van der Waals surface area contributed by atoms with E-state index >= 15 is 0 Å². The summed E-state index contributed by atoms with van der Waals surface area (Å²) < 4.78 is 0. The summed E-state index contributed by atoms with van der Waals surface area (Å²) in [5.74, 6) is 0. The molecule has 0 aromatic rings. The standard InChI is InChI=1S/C7H16N2/c1-3-7(5-9-2)4-6(7)8/h6,9H,3-5,8H2,1-2H3. The second kappa shape index (κ2) is 2.27. The third-order valence-corrected chi connectivity index (χ3v) is 2.49. The molecule has 1 saturated carbocycles. The molecule has 0 aromatic heterocycles. The third-order valence-electron chi connectivity index (χ3n) is 2.49. The van der Waals surface area contributed by atoms with Gasteiger partial charge in [0, 0.05) is 12.6 Å². The van der Waals surface area contributed by atoms with E-state index in [0.29, 0.717) is 11.5 Å². The van der Waals surface area contributed by atoms with Gasteiger partial charge in [0.15, 0.2) is 0 Å². The van der Waals surface area contributed by atoms with Crippen molar-refractivity contribution < 1.29 is 0 Å². The number of rotatable bonds is 3. The number of nitrogens with two attached hydrogens (primary N) is 1. The first-order chi connectivity index (χ1) is 4.25. The first kappa shape index (κ1) is 7.03. The van der Waals surface area contributed by atoms with Crippen molar-refractivity contribution in [2.24, 2.45) is 11.1 Å². The minimum Gasteiger partial charge on any atom is -0.327 e. The number of hydrogen-bond donors (Lipinski definition) is 2. The Hall–Kier alpha value is -0.0800. The Morgan fingerprint density at radius 2 is 2.33 bits per heavy atom. The Bertz CT molecular complexity index is 99.1. The topological polar surface area (TPSA) is 38.0 Å². The zero-order valence-electron chi connectivity index (χ0n) is 6.28. The lowest BCUT2D eigenvalue weighted by atomic mass is 10.0.